The summed E-state index contributed by atoms with van der Waals surface area (Å²) in [7, 11) is 1.48. The molecule has 1 amide bonds. The van der Waals surface area contributed by atoms with Crippen LogP contribution in [-0.4, -0.2) is 67.4 Å². The summed E-state index contributed by atoms with van der Waals surface area (Å²) in [4.78, 5) is 39.2. The maximum atomic E-state index is 12.9. The molecule has 164 valence electrons. The number of carbonyl (C=O) groups is 1. The van der Waals surface area contributed by atoms with Crippen molar-refractivity contribution >= 4 is 33.3 Å². The fourth-order valence-corrected chi connectivity index (χ4v) is 4.28. The van der Waals surface area contributed by atoms with Crippen molar-refractivity contribution in [2.75, 3.05) is 51.5 Å². The van der Waals surface area contributed by atoms with Gasteiger partial charge in [0.05, 0.1) is 37.9 Å². The van der Waals surface area contributed by atoms with E-state index in [1.54, 1.807) is 6.20 Å². The van der Waals surface area contributed by atoms with Crippen LogP contribution in [0, 0.1) is 0 Å². The molecule has 1 aliphatic rings. The van der Waals surface area contributed by atoms with Crippen molar-refractivity contribution in [3.8, 4) is 11.5 Å². The number of hydrogen-bond donors (Lipinski definition) is 1. The van der Waals surface area contributed by atoms with Crippen molar-refractivity contribution in [1.29, 1.82) is 0 Å². The summed E-state index contributed by atoms with van der Waals surface area (Å²) in [6.07, 6.45) is 3.32. The summed E-state index contributed by atoms with van der Waals surface area (Å²) in [5.74, 6) is 1.19. The zero-order valence-electron chi connectivity index (χ0n) is 17.4. The quantitative estimate of drug-likeness (QED) is 0.306. The second-order valence-corrected chi connectivity index (χ2v) is 7.82. The lowest BCUT2D eigenvalue weighted by Gasteiger charge is -2.28. The van der Waals surface area contributed by atoms with Crippen LogP contribution in [0.4, 0.5) is 5.82 Å². The topological polar surface area (TPSA) is 98.7 Å². The minimum atomic E-state index is -0.123. The third-order valence-corrected chi connectivity index (χ3v) is 5.79. The van der Waals surface area contributed by atoms with Crippen LogP contribution in [0.3, 0.4) is 0 Å². The maximum Gasteiger partial charge on any atom is 0.252 e. The molecule has 3 aromatic heterocycles. The Labute approximate surface area is 184 Å². The summed E-state index contributed by atoms with van der Waals surface area (Å²) >= 11 is 1.45. The van der Waals surface area contributed by atoms with E-state index >= 15 is 0 Å². The number of ether oxygens (including phenoxy) is 1. The van der Waals surface area contributed by atoms with Crippen LogP contribution in [0.15, 0.2) is 29.8 Å². The van der Waals surface area contributed by atoms with E-state index in [1.807, 2.05) is 23.6 Å². The largest absolute Gasteiger partial charge is 0.378 e. The molecular weight excluding hydrogens is 418 g/mol. The van der Waals surface area contributed by atoms with Gasteiger partial charge in [-0.05, 0) is 25.0 Å². The molecule has 1 aliphatic heterocycles. The zero-order chi connectivity index (χ0) is 21.5. The fraction of sp³-hybridized carbons (Fsp3) is 0.429. The SMILES string of the molecule is COOCCCCNC(=O)c1csc2nc(-c3ccccn3)nc(N3CCOCC3)c12. The fourth-order valence-electron chi connectivity index (χ4n) is 3.37. The van der Waals surface area contributed by atoms with E-state index in [0.29, 0.717) is 56.5 Å². The number of rotatable bonds is 9. The third kappa shape index (κ3) is 5.16. The summed E-state index contributed by atoms with van der Waals surface area (Å²) in [6.45, 7) is 3.73. The number of aromatic nitrogens is 3. The number of amides is 1. The van der Waals surface area contributed by atoms with Gasteiger partial charge >= 0.3 is 0 Å². The van der Waals surface area contributed by atoms with Crippen molar-refractivity contribution < 1.29 is 19.3 Å². The maximum absolute atomic E-state index is 12.9. The van der Waals surface area contributed by atoms with E-state index in [-0.39, 0.29) is 5.91 Å². The molecular formula is C21H25N5O4S. The lowest BCUT2D eigenvalue weighted by Crippen LogP contribution is -2.37. The Balaban J connectivity index is 1.62. The zero-order valence-corrected chi connectivity index (χ0v) is 18.2. The number of hydrogen-bond acceptors (Lipinski definition) is 9. The monoisotopic (exact) mass is 443 g/mol. The first-order chi connectivity index (χ1) is 15.3. The Morgan fingerprint density at radius 2 is 2.13 bits per heavy atom. The van der Waals surface area contributed by atoms with Crippen LogP contribution in [0.5, 0.6) is 0 Å². The summed E-state index contributed by atoms with van der Waals surface area (Å²) in [5, 5.41) is 5.63. The molecule has 0 aliphatic carbocycles. The molecule has 4 rings (SSSR count). The van der Waals surface area contributed by atoms with Gasteiger partial charge in [0.2, 0.25) is 0 Å². The highest BCUT2D eigenvalue weighted by atomic mass is 32.1. The highest BCUT2D eigenvalue weighted by molar-refractivity contribution is 7.17. The van der Waals surface area contributed by atoms with Crippen molar-refractivity contribution in [2.24, 2.45) is 0 Å². The molecule has 9 nitrogen and oxygen atoms in total. The molecule has 1 N–H and O–H groups in total. The van der Waals surface area contributed by atoms with Crippen LogP contribution >= 0.6 is 11.3 Å². The van der Waals surface area contributed by atoms with Gasteiger partial charge in [-0.2, -0.15) is 0 Å². The van der Waals surface area contributed by atoms with Gasteiger partial charge in [0.25, 0.3) is 5.91 Å². The first kappa shape index (κ1) is 21.6. The molecule has 31 heavy (non-hydrogen) atoms. The molecule has 0 aromatic carbocycles. The van der Waals surface area contributed by atoms with Gasteiger partial charge in [-0.15, -0.1) is 11.3 Å². The second kappa shape index (κ2) is 10.6. The number of nitrogens with zero attached hydrogens (tertiary/aromatic N) is 4. The standard InChI is InChI=1S/C21H25N5O4S/c1-28-30-11-5-4-8-23-20(27)15-14-31-21-17(15)19(26-9-12-29-13-10-26)24-18(25-21)16-6-2-3-7-22-16/h2-3,6-7,14H,4-5,8-13H2,1H3,(H,23,27). The number of pyridine rings is 1. The second-order valence-electron chi connectivity index (χ2n) is 6.97. The molecule has 1 fully saturated rings. The number of carbonyl (C=O) groups excluding carboxylic acids is 1. The summed E-state index contributed by atoms with van der Waals surface area (Å²) in [6, 6.07) is 5.66. The molecule has 0 spiro atoms. The van der Waals surface area contributed by atoms with Crippen molar-refractivity contribution in [1.82, 2.24) is 20.3 Å². The third-order valence-electron chi connectivity index (χ3n) is 4.92. The number of fused-ring (bicyclic) bond motifs is 1. The highest BCUT2D eigenvalue weighted by Gasteiger charge is 2.24. The minimum absolute atomic E-state index is 0.123. The Morgan fingerprint density at radius 3 is 2.90 bits per heavy atom. The van der Waals surface area contributed by atoms with Crippen LogP contribution in [0.2, 0.25) is 0 Å². The first-order valence-electron chi connectivity index (χ1n) is 10.2. The first-order valence-corrected chi connectivity index (χ1v) is 11.1. The van der Waals surface area contributed by atoms with Gasteiger partial charge in [0.1, 0.15) is 16.3 Å². The van der Waals surface area contributed by atoms with E-state index in [2.05, 4.69) is 20.1 Å². The van der Waals surface area contributed by atoms with Gasteiger partial charge in [-0.1, -0.05) is 6.07 Å². The molecule has 3 aromatic rings. The number of thiophene rings is 1. The lowest BCUT2D eigenvalue weighted by molar-refractivity contribution is -0.272. The molecule has 0 saturated carbocycles. The van der Waals surface area contributed by atoms with E-state index in [0.717, 1.165) is 28.9 Å². The van der Waals surface area contributed by atoms with E-state index in [9.17, 15) is 4.79 Å². The van der Waals surface area contributed by atoms with E-state index < -0.39 is 0 Å². The molecule has 0 bridgehead atoms. The van der Waals surface area contributed by atoms with Gasteiger partial charge in [-0.3, -0.25) is 9.78 Å². The van der Waals surface area contributed by atoms with E-state index in [1.165, 1.54) is 18.4 Å². The molecule has 10 heteroatoms. The van der Waals surface area contributed by atoms with Gasteiger partial charge in [0.15, 0.2) is 5.82 Å². The lowest BCUT2D eigenvalue weighted by atomic mass is 10.2. The molecule has 0 atom stereocenters. The Kier molecular flexibility index (Phi) is 7.36. The Morgan fingerprint density at radius 1 is 1.26 bits per heavy atom. The van der Waals surface area contributed by atoms with Crippen LogP contribution in [-0.2, 0) is 14.5 Å². The minimum Gasteiger partial charge on any atom is -0.378 e. The number of anilines is 1. The van der Waals surface area contributed by atoms with Crippen molar-refractivity contribution in [2.45, 2.75) is 12.8 Å². The highest BCUT2D eigenvalue weighted by Crippen LogP contribution is 2.34. The average molecular weight is 444 g/mol. The Bertz CT molecular complexity index is 1010. The Hall–Kier alpha value is -2.66. The van der Waals surface area contributed by atoms with Gasteiger partial charge < -0.3 is 15.0 Å². The number of unbranched alkanes of at least 4 members (excludes halogenated alkanes) is 1. The van der Waals surface area contributed by atoms with Crippen LogP contribution in [0.1, 0.15) is 23.2 Å². The van der Waals surface area contributed by atoms with Crippen molar-refractivity contribution in [3.05, 3.63) is 35.3 Å². The predicted octanol–water partition coefficient (Wildman–Crippen LogP) is 2.68. The van der Waals surface area contributed by atoms with Crippen LogP contribution in [0.25, 0.3) is 21.7 Å². The number of nitrogens with one attached hydrogen (secondary N) is 1. The van der Waals surface area contributed by atoms with E-state index in [4.69, 9.17) is 19.6 Å². The molecule has 1 saturated heterocycles. The summed E-state index contributed by atoms with van der Waals surface area (Å²) < 4.78 is 5.51. The van der Waals surface area contributed by atoms with Crippen molar-refractivity contribution in [3.63, 3.8) is 0 Å². The smallest absolute Gasteiger partial charge is 0.252 e. The number of morpholine rings is 1. The van der Waals surface area contributed by atoms with Crippen LogP contribution < -0.4 is 10.2 Å². The average Bonchev–Trinajstić information content (AvgIpc) is 3.26. The van der Waals surface area contributed by atoms with Gasteiger partial charge in [0, 0.05) is 31.2 Å². The molecule has 4 heterocycles. The normalized spacial score (nSPS) is 14.2. The predicted molar refractivity (Wildman–Crippen MR) is 118 cm³/mol. The summed E-state index contributed by atoms with van der Waals surface area (Å²) in [5.41, 5.74) is 1.30. The molecule has 0 radical (unpaired) electrons. The van der Waals surface area contributed by atoms with Gasteiger partial charge in [-0.25, -0.2) is 19.7 Å². The molecule has 0 unspecified atom stereocenters.